The predicted octanol–water partition coefficient (Wildman–Crippen LogP) is 2.12. The standard InChI is InChI=1S/C10H8N2/c1-8-4-5-12-7-9(6-11)2-3-10(8)12/h2-5,7H,1H3. The average Bonchev–Trinajstić information content (AvgIpc) is 2.47. The van der Waals surface area contributed by atoms with Gasteiger partial charge in [0.2, 0.25) is 0 Å². The first-order valence-electron chi connectivity index (χ1n) is 3.78. The first-order valence-corrected chi connectivity index (χ1v) is 3.78. The summed E-state index contributed by atoms with van der Waals surface area (Å²) in [5, 5.41) is 8.64. The lowest BCUT2D eigenvalue weighted by molar-refractivity contribution is 1.18. The van der Waals surface area contributed by atoms with Gasteiger partial charge in [-0.1, -0.05) is 0 Å². The third-order valence-electron chi connectivity index (χ3n) is 2.00. The van der Waals surface area contributed by atoms with E-state index < -0.39 is 0 Å². The minimum atomic E-state index is 0.693. The summed E-state index contributed by atoms with van der Waals surface area (Å²) in [6.45, 7) is 2.06. The van der Waals surface area contributed by atoms with E-state index in [9.17, 15) is 0 Å². The van der Waals surface area contributed by atoms with Gasteiger partial charge in [-0.05, 0) is 30.7 Å². The van der Waals surface area contributed by atoms with Crippen LogP contribution >= 0.6 is 0 Å². The molecule has 0 aliphatic heterocycles. The third kappa shape index (κ3) is 0.876. The summed E-state index contributed by atoms with van der Waals surface area (Å²) >= 11 is 0. The number of nitriles is 1. The molecule has 2 heteroatoms. The van der Waals surface area contributed by atoms with Crippen LogP contribution in [0.4, 0.5) is 0 Å². The van der Waals surface area contributed by atoms with Gasteiger partial charge in [0, 0.05) is 17.9 Å². The zero-order chi connectivity index (χ0) is 8.55. The Hall–Kier alpha value is -1.75. The van der Waals surface area contributed by atoms with Crippen LogP contribution in [0.3, 0.4) is 0 Å². The number of rotatable bonds is 0. The summed E-state index contributed by atoms with van der Waals surface area (Å²) in [5.74, 6) is 0. The molecule has 2 heterocycles. The van der Waals surface area contributed by atoms with E-state index in [1.807, 2.05) is 35.0 Å². The van der Waals surface area contributed by atoms with Gasteiger partial charge in [-0.3, -0.25) is 0 Å². The maximum absolute atomic E-state index is 8.64. The number of hydrogen-bond acceptors (Lipinski definition) is 1. The highest BCUT2D eigenvalue weighted by Gasteiger charge is 1.97. The first-order chi connectivity index (χ1) is 5.81. The van der Waals surface area contributed by atoms with Gasteiger partial charge in [0.05, 0.1) is 5.56 Å². The van der Waals surface area contributed by atoms with Crippen molar-refractivity contribution in [1.82, 2.24) is 4.40 Å². The lowest BCUT2D eigenvalue weighted by atomic mass is 10.2. The second-order valence-electron chi connectivity index (χ2n) is 2.82. The smallest absolute Gasteiger partial charge is 0.101 e. The fourth-order valence-electron chi connectivity index (χ4n) is 1.32. The molecule has 0 aliphatic carbocycles. The van der Waals surface area contributed by atoms with Crippen LogP contribution < -0.4 is 0 Å². The van der Waals surface area contributed by atoms with E-state index >= 15 is 0 Å². The van der Waals surface area contributed by atoms with Gasteiger partial charge in [-0.25, -0.2) is 0 Å². The maximum Gasteiger partial charge on any atom is 0.101 e. The fraction of sp³-hybridized carbons (Fsp3) is 0.100. The molecule has 0 radical (unpaired) electrons. The lowest BCUT2D eigenvalue weighted by Gasteiger charge is -1.95. The monoisotopic (exact) mass is 156 g/mol. The number of fused-ring (bicyclic) bond motifs is 1. The Morgan fingerprint density at radius 2 is 2.17 bits per heavy atom. The summed E-state index contributed by atoms with van der Waals surface area (Å²) in [6.07, 6.45) is 3.80. The molecule has 0 bridgehead atoms. The molecule has 0 N–H and O–H groups in total. The fourth-order valence-corrected chi connectivity index (χ4v) is 1.32. The van der Waals surface area contributed by atoms with Crippen molar-refractivity contribution >= 4 is 5.52 Å². The van der Waals surface area contributed by atoms with E-state index in [0.29, 0.717) is 5.56 Å². The molecule has 0 amide bonds. The normalized spacial score (nSPS) is 10.0. The first kappa shape index (κ1) is 6.93. The second kappa shape index (κ2) is 2.38. The van der Waals surface area contributed by atoms with Gasteiger partial charge in [0.25, 0.3) is 0 Å². The SMILES string of the molecule is Cc1ccn2cc(C#N)ccc12. The molecule has 0 unspecified atom stereocenters. The molecule has 0 fully saturated rings. The van der Waals surface area contributed by atoms with Crippen LogP contribution in [0, 0.1) is 18.3 Å². The molecule has 0 spiro atoms. The topological polar surface area (TPSA) is 28.2 Å². The summed E-state index contributed by atoms with van der Waals surface area (Å²) < 4.78 is 1.97. The van der Waals surface area contributed by atoms with Crippen LogP contribution in [0.5, 0.6) is 0 Å². The molecule has 0 aliphatic rings. The number of aromatic nitrogens is 1. The largest absolute Gasteiger partial charge is 0.322 e. The molecule has 0 aromatic carbocycles. The molecule has 0 saturated carbocycles. The van der Waals surface area contributed by atoms with Crippen LogP contribution in [-0.2, 0) is 0 Å². The zero-order valence-electron chi connectivity index (χ0n) is 6.78. The van der Waals surface area contributed by atoms with Gasteiger partial charge < -0.3 is 4.40 Å². The highest BCUT2D eigenvalue weighted by atomic mass is 14.9. The van der Waals surface area contributed by atoms with Crippen LogP contribution in [0.2, 0.25) is 0 Å². The van der Waals surface area contributed by atoms with E-state index in [1.165, 1.54) is 5.56 Å². The van der Waals surface area contributed by atoms with Crippen molar-refractivity contribution in [2.45, 2.75) is 6.92 Å². The van der Waals surface area contributed by atoms with Crippen LogP contribution in [0.1, 0.15) is 11.1 Å². The lowest BCUT2D eigenvalue weighted by Crippen LogP contribution is -1.83. The summed E-state index contributed by atoms with van der Waals surface area (Å²) in [4.78, 5) is 0. The molecule has 0 saturated heterocycles. The van der Waals surface area contributed by atoms with E-state index in [0.717, 1.165) is 5.52 Å². The number of hydrogen-bond donors (Lipinski definition) is 0. The van der Waals surface area contributed by atoms with Gasteiger partial charge in [-0.2, -0.15) is 5.26 Å². The molecule has 12 heavy (non-hydrogen) atoms. The Kier molecular flexibility index (Phi) is 1.38. The average molecular weight is 156 g/mol. The van der Waals surface area contributed by atoms with E-state index in [-0.39, 0.29) is 0 Å². The molecule has 2 aromatic heterocycles. The number of nitrogens with zero attached hydrogens (tertiary/aromatic N) is 2. The predicted molar refractivity (Wildman–Crippen MR) is 46.8 cm³/mol. The molecule has 2 rings (SSSR count). The highest BCUT2D eigenvalue weighted by molar-refractivity contribution is 5.56. The van der Waals surface area contributed by atoms with Crippen molar-refractivity contribution in [1.29, 1.82) is 5.26 Å². The van der Waals surface area contributed by atoms with Crippen molar-refractivity contribution < 1.29 is 0 Å². The molecule has 0 atom stereocenters. The quantitative estimate of drug-likeness (QED) is 0.574. The third-order valence-corrected chi connectivity index (χ3v) is 2.00. The van der Waals surface area contributed by atoms with E-state index in [4.69, 9.17) is 5.26 Å². The van der Waals surface area contributed by atoms with Crippen molar-refractivity contribution in [2.24, 2.45) is 0 Å². The van der Waals surface area contributed by atoms with E-state index in [2.05, 4.69) is 13.0 Å². The number of aryl methyl sites for hydroxylation is 1. The highest BCUT2D eigenvalue weighted by Crippen LogP contribution is 2.11. The Bertz CT molecular complexity index is 460. The van der Waals surface area contributed by atoms with Crippen molar-refractivity contribution in [3.05, 3.63) is 41.7 Å². The molecular weight excluding hydrogens is 148 g/mol. The van der Waals surface area contributed by atoms with Crippen molar-refractivity contribution in [3.8, 4) is 6.07 Å². The van der Waals surface area contributed by atoms with Crippen molar-refractivity contribution in [2.75, 3.05) is 0 Å². The van der Waals surface area contributed by atoms with Gasteiger partial charge in [-0.15, -0.1) is 0 Å². The van der Waals surface area contributed by atoms with Crippen LogP contribution in [-0.4, -0.2) is 4.40 Å². The Morgan fingerprint density at radius 3 is 2.92 bits per heavy atom. The summed E-state index contributed by atoms with van der Waals surface area (Å²) in [7, 11) is 0. The van der Waals surface area contributed by atoms with E-state index in [1.54, 1.807) is 0 Å². The van der Waals surface area contributed by atoms with Crippen molar-refractivity contribution in [3.63, 3.8) is 0 Å². The maximum atomic E-state index is 8.64. The molecule has 2 aromatic rings. The molecular formula is C10H8N2. The minimum absolute atomic E-state index is 0.693. The molecule has 2 nitrogen and oxygen atoms in total. The second-order valence-corrected chi connectivity index (χ2v) is 2.82. The van der Waals surface area contributed by atoms with Crippen LogP contribution in [0.15, 0.2) is 30.6 Å². The van der Waals surface area contributed by atoms with Gasteiger partial charge in [0.1, 0.15) is 6.07 Å². The Labute approximate surface area is 70.7 Å². The van der Waals surface area contributed by atoms with Gasteiger partial charge in [0.15, 0.2) is 0 Å². The van der Waals surface area contributed by atoms with Crippen LogP contribution in [0.25, 0.3) is 5.52 Å². The molecule has 58 valence electrons. The number of pyridine rings is 1. The Balaban J connectivity index is 2.80. The Morgan fingerprint density at radius 1 is 1.33 bits per heavy atom. The van der Waals surface area contributed by atoms with Gasteiger partial charge >= 0.3 is 0 Å². The zero-order valence-corrected chi connectivity index (χ0v) is 6.78. The summed E-state index contributed by atoms with van der Waals surface area (Å²) in [6, 6.07) is 7.95. The summed E-state index contributed by atoms with van der Waals surface area (Å²) in [5.41, 5.74) is 3.09. The minimum Gasteiger partial charge on any atom is -0.322 e.